The molecule has 0 aliphatic rings. The summed E-state index contributed by atoms with van der Waals surface area (Å²) in [6.07, 6.45) is 0. The van der Waals surface area contributed by atoms with Gasteiger partial charge in [-0.2, -0.15) is 0 Å². The zero-order valence-electron chi connectivity index (χ0n) is 12.4. The summed E-state index contributed by atoms with van der Waals surface area (Å²) in [7, 11) is -1.86. The van der Waals surface area contributed by atoms with Crippen molar-refractivity contribution in [2.24, 2.45) is 0 Å². The maximum Gasteiger partial charge on any atom is 4.00 e. The van der Waals surface area contributed by atoms with Crippen molar-refractivity contribution in [1.82, 2.24) is 0 Å². The van der Waals surface area contributed by atoms with Crippen LogP contribution in [0, 0.1) is 0 Å². The fourth-order valence-electron chi connectivity index (χ4n) is 1.90. The third-order valence-electron chi connectivity index (χ3n) is 2.52. The Morgan fingerprint density at radius 1 is 0.762 bits per heavy atom. The molecule has 0 amide bonds. The number of halogens is 2. The number of hydrogen-bond acceptors (Lipinski definition) is 1. The van der Waals surface area contributed by atoms with Gasteiger partial charge in [0.05, 0.1) is 0 Å². The Morgan fingerprint density at radius 2 is 1.05 bits per heavy atom. The number of fused-ring (bicyclic) bond motifs is 3. The van der Waals surface area contributed by atoms with E-state index in [1.165, 1.54) is 21.5 Å². The number of benzene rings is 2. The van der Waals surface area contributed by atoms with Gasteiger partial charge in [-0.25, -0.2) is 0 Å². The molecule has 0 aromatic heterocycles. The van der Waals surface area contributed by atoms with Gasteiger partial charge in [0, 0.05) is 0 Å². The van der Waals surface area contributed by atoms with Crippen molar-refractivity contribution < 1.29 is 51.3 Å². The van der Waals surface area contributed by atoms with E-state index in [0.717, 1.165) is 0 Å². The molecule has 0 heterocycles. The fourth-order valence-corrected chi connectivity index (χ4v) is 1.90. The molecule has 5 heteroatoms. The topological polar surface area (TPSA) is 23.1 Å². The Labute approximate surface area is 154 Å². The predicted octanol–water partition coefficient (Wildman–Crippen LogP) is -2.10. The van der Waals surface area contributed by atoms with Crippen LogP contribution in [0.5, 0.6) is 0 Å². The van der Waals surface area contributed by atoms with E-state index in [1.807, 2.05) is 0 Å². The molecule has 0 saturated carbocycles. The molecule has 0 fully saturated rings. The molecule has 0 unspecified atom stereocenters. The van der Waals surface area contributed by atoms with Gasteiger partial charge in [-0.05, 0) is 0 Å². The Hall–Kier alpha value is -0.219. The molecule has 21 heavy (non-hydrogen) atoms. The van der Waals surface area contributed by atoms with E-state index in [9.17, 15) is 4.80 Å². The van der Waals surface area contributed by atoms with E-state index in [1.54, 1.807) is 19.6 Å². The van der Waals surface area contributed by atoms with Crippen LogP contribution in [0.1, 0.15) is 0 Å². The van der Waals surface area contributed by atoms with Crippen LogP contribution < -0.4 is 29.6 Å². The van der Waals surface area contributed by atoms with Crippen molar-refractivity contribution in [2.75, 3.05) is 0 Å². The minimum atomic E-state index is -1.86. The maximum absolute atomic E-state index is 10.2. The first-order chi connectivity index (χ1) is 8.45. The summed E-state index contributed by atoms with van der Waals surface area (Å²) in [6.45, 7) is 5.31. The van der Waals surface area contributed by atoms with Crippen LogP contribution in [-0.2, 0) is 21.7 Å². The second kappa shape index (κ2) is 9.73. The third-order valence-corrected chi connectivity index (χ3v) is 2.52. The standard InChI is InChI=1S/C13H9.C3H9OSi.2ClH.Ti/c1-3-7-12-10(5-1)9-11-6-2-4-8-13(11)12;1-5(2,3)4;;;/h1-9H;1-3H3;2*1H;/q2*-1;;;+4/p-2. The van der Waals surface area contributed by atoms with Gasteiger partial charge >= 0.3 is 21.7 Å². The molecule has 0 aliphatic carbocycles. The van der Waals surface area contributed by atoms with E-state index < -0.39 is 8.32 Å². The summed E-state index contributed by atoms with van der Waals surface area (Å²) in [6, 6.07) is 19.3. The van der Waals surface area contributed by atoms with Crippen molar-refractivity contribution >= 4 is 29.9 Å². The fraction of sp³-hybridized carbons (Fsp3) is 0.188. The van der Waals surface area contributed by atoms with Crippen molar-refractivity contribution in [3.8, 4) is 0 Å². The minimum Gasteiger partial charge on any atom is -1.00 e. The molecule has 0 radical (unpaired) electrons. The minimum absolute atomic E-state index is 0. The third kappa shape index (κ3) is 7.05. The Kier molecular flexibility index (Phi) is 10.7. The van der Waals surface area contributed by atoms with Gasteiger partial charge < -0.3 is 29.6 Å². The average molecular weight is 373 g/mol. The van der Waals surface area contributed by atoms with Crippen LogP contribution in [-0.4, -0.2) is 8.32 Å². The monoisotopic (exact) mass is 372 g/mol. The van der Waals surface area contributed by atoms with Crippen LogP contribution in [0.2, 0.25) is 19.6 Å². The van der Waals surface area contributed by atoms with Gasteiger partial charge in [-0.3, -0.25) is 0 Å². The zero-order valence-corrected chi connectivity index (χ0v) is 16.4. The molecule has 0 atom stereocenters. The first-order valence-electron chi connectivity index (χ1n) is 6.19. The van der Waals surface area contributed by atoms with E-state index in [2.05, 4.69) is 54.6 Å². The molecular formula is C16H18Cl2OSiTi. The Balaban J connectivity index is 0. The molecule has 0 N–H and O–H groups in total. The van der Waals surface area contributed by atoms with Crippen LogP contribution in [0.15, 0.2) is 54.6 Å². The molecule has 3 aromatic carbocycles. The van der Waals surface area contributed by atoms with Crippen LogP contribution >= 0.6 is 0 Å². The summed E-state index contributed by atoms with van der Waals surface area (Å²) in [5.74, 6) is 0. The van der Waals surface area contributed by atoms with E-state index >= 15 is 0 Å². The summed E-state index contributed by atoms with van der Waals surface area (Å²) >= 11 is 0. The molecule has 1 nitrogen and oxygen atoms in total. The summed E-state index contributed by atoms with van der Waals surface area (Å²) in [4.78, 5) is 10.2. The summed E-state index contributed by atoms with van der Waals surface area (Å²) in [5, 5.41) is 5.39. The number of hydrogen-bond donors (Lipinski definition) is 0. The van der Waals surface area contributed by atoms with Gasteiger partial charge in [0.2, 0.25) is 0 Å². The van der Waals surface area contributed by atoms with Gasteiger partial charge in [0.1, 0.15) is 0 Å². The van der Waals surface area contributed by atoms with Crippen molar-refractivity contribution in [2.45, 2.75) is 19.6 Å². The molecule has 0 saturated heterocycles. The molecule has 0 spiro atoms. The van der Waals surface area contributed by atoms with Crippen molar-refractivity contribution in [3.05, 3.63) is 54.6 Å². The molecule has 3 aromatic rings. The van der Waals surface area contributed by atoms with Crippen molar-refractivity contribution in [1.29, 1.82) is 0 Å². The van der Waals surface area contributed by atoms with Crippen LogP contribution in [0.4, 0.5) is 0 Å². The molecular weight excluding hydrogens is 355 g/mol. The second-order valence-corrected chi connectivity index (χ2v) is 9.66. The Morgan fingerprint density at radius 3 is 1.38 bits per heavy atom. The first-order valence-corrected chi connectivity index (χ1v) is 9.59. The SMILES string of the molecule is C[Si](C)(C)[O-].[Cl-].[Cl-].[Ti+4].c1ccc2c(c1)[cH-]c1ccccc12. The van der Waals surface area contributed by atoms with Gasteiger partial charge in [0.15, 0.2) is 0 Å². The first kappa shape index (κ1) is 23.1. The number of rotatable bonds is 0. The van der Waals surface area contributed by atoms with E-state index in [4.69, 9.17) is 0 Å². The normalized spacial score (nSPS) is 9.71. The van der Waals surface area contributed by atoms with E-state index in [-0.39, 0.29) is 46.5 Å². The van der Waals surface area contributed by atoms with Gasteiger partial charge in [-0.15, -0.1) is 39.7 Å². The zero-order chi connectivity index (χ0) is 13.2. The van der Waals surface area contributed by atoms with Gasteiger partial charge in [-0.1, -0.05) is 64.4 Å². The second-order valence-electron chi connectivity index (χ2n) is 5.43. The Bertz CT molecular complexity index is 605. The summed E-state index contributed by atoms with van der Waals surface area (Å²) in [5.41, 5.74) is 0. The maximum atomic E-state index is 10.2. The molecule has 110 valence electrons. The smallest absolute Gasteiger partial charge is 1.00 e. The van der Waals surface area contributed by atoms with Crippen molar-refractivity contribution in [3.63, 3.8) is 0 Å². The van der Waals surface area contributed by atoms with Gasteiger partial charge in [0.25, 0.3) is 0 Å². The molecule has 3 rings (SSSR count). The average Bonchev–Trinajstić information content (AvgIpc) is 2.65. The van der Waals surface area contributed by atoms with Crippen LogP contribution in [0.3, 0.4) is 0 Å². The van der Waals surface area contributed by atoms with Crippen LogP contribution in [0.25, 0.3) is 21.5 Å². The molecule has 0 aliphatic heterocycles. The quantitative estimate of drug-likeness (QED) is 0.327. The largest absolute Gasteiger partial charge is 4.00 e. The van der Waals surface area contributed by atoms with E-state index in [0.29, 0.717) is 0 Å². The predicted molar refractivity (Wildman–Crippen MR) is 80.4 cm³/mol. The molecule has 0 bridgehead atoms. The summed E-state index contributed by atoms with van der Waals surface area (Å²) < 4.78 is 0.